The lowest BCUT2D eigenvalue weighted by Crippen LogP contribution is -2.30. The van der Waals surface area contributed by atoms with E-state index in [4.69, 9.17) is 4.98 Å². The zero-order valence-electron chi connectivity index (χ0n) is 20.7. The molecule has 0 fully saturated rings. The summed E-state index contributed by atoms with van der Waals surface area (Å²) in [6, 6.07) is 16.0. The van der Waals surface area contributed by atoms with E-state index in [0.29, 0.717) is 22.5 Å². The van der Waals surface area contributed by atoms with E-state index >= 15 is 0 Å². The van der Waals surface area contributed by atoms with Crippen LogP contribution in [0.2, 0.25) is 0 Å². The Kier molecular flexibility index (Phi) is 6.79. The van der Waals surface area contributed by atoms with Crippen LogP contribution in [0, 0.1) is 12.7 Å². The lowest BCUT2D eigenvalue weighted by molar-refractivity contribution is -0.137. The lowest BCUT2D eigenvalue weighted by atomic mass is 10.0. The van der Waals surface area contributed by atoms with Crippen molar-refractivity contribution in [3.63, 3.8) is 0 Å². The molecular formula is C28H29FN4O3. The van der Waals surface area contributed by atoms with Crippen LogP contribution in [0.3, 0.4) is 0 Å². The van der Waals surface area contributed by atoms with Crippen LogP contribution >= 0.6 is 0 Å². The molecule has 1 atom stereocenters. The summed E-state index contributed by atoms with van der Waals surface area (Å²) >= 11 is 0. The molecule has 0 radical (unpaired) electrons. The maximum absolute atomic E-state index is 13.4. The van der Waals surface area contributed by atoms with Crippen LogP contribution in [-0.4, -0.2) is 31.9 Å². The molecule has 4 aromatic rings. The van der Waals surface area contributed by atoms with Gasteiger partial charge in [-0.15, -0.1) is 0 Å². The summed E-state index contributed by atoms with van der Waals surface area (Å²) in [5, 5.41) is 15.7. The number of imidazole rings is 1. The average molecular weight is 489 g/mol. The second-order valence-corrected chi connectivity index (χ2v) is 9.84. The number of aromatic nitrogens is 2. The second-order valence-electron chi connectivity index (χ2n) is 9.84. The minimum atomic E-state index is -1.08. The molecule has 0 aliphatic rings. The molecule has 7 nitrogen and oxygen atoms in total. The summed E-state index contributed by atoms with van der Waals surface area (Å²) in [5.41, 5.74) is 3.65. The van der Waals surface area contributed by atoms with Gasteiger partial charge in [-0.3, -0.25) is 14.0 Å². The summed E-state index contributed by atoms with van der Waals surface area (Å²) in [7, 11) is 0. The number of carboxylic acids is 1. The fraction of sp³-hybridized carbons (Fsp3) is 0.250. The Hall–Kier alpha value is -4.20. The predicted molar refractivity (Wildman–Crippen MR) is 138 cm³/mol. The number of rotatable bonds is 7. The van der Waals surface area contributed by atoms with Gasteiger partial charge in [0.1, 0.15) is 17.3 Å². The molecule has 0 bridgehead atoms. The third-order valence-corrected chi connectivity index (χ3v) is 5.64. The van der Waals surface area contributed by atoms with E-state index in [1.165, 1.54) is 24.3 Å². The van der Waals surface area contributed by atoms with Gasteiger partial charge in [-0.2, -0.15) is 0 Å². The number of carbonyl (C=O) groups excluding carboxylic acids is 1. The van der Waals surface area contributed by atoms with Crippen LogP contribution in [0.4, 0.5) is 10.2 Å². The van der Waals surface area contributed by atoms with E-state index in [1.54, 1.807) is 12.1 Å². The van der Waals surface area contributed by atoms with Gasteiger partial charge < -0.3 is 15.7 Å². The minimum Gasteiger partial charge on any atom is -0.481 e. The van der Waals surface area contributed by atoms with Crippen LogP contribution in [-0.2, 0) is 4.79 Å². The van der Waals surface area contributed by atoms with Crippen molar-refractivity contribution < 1.29 is 19.1 Å². The molecule has 2 aromatic heterocycles. The van der Waals surface area contributed by atoms with E-state index < -0.39 is 23.7 Å². The molecule has 0 aliphatic carbocycles. The van der Waals surface area contributed by atoms with Crippen LogP contribution in [0.15, 0.2) is 66.9 Å². The molecular weight excluding hydrogens is 459 g/mol. The van der Waals surface area contributed by atoms with Gasteiger partial charge in [0, 0.05) is 17.3 Å². The molecule has 8 heteroatoms. The van der Waals surface area contributed by atoms with Crippen molar-refractivity contribution >= 4 is 23.3 Å². The maximum atomic E-state index is 13.4. The number of anilines is 1. The van der Waals surface area contributed by atoms with Crippen molar-refractivity contribution in [2.75, 3.05) is 5.32 Å². The van der Waals surface area contributed by atoms with Gasteiger partial charge in [-0.1, -0.05) is 35.9 Å². The Bertz CT molecular complexity index is 1420. The molecule has 1 unspecified atom stereocenters. The average Bonchev–Trinajstić information content (AvgIpc) is 3.16. The van der Waals surface area contributed by atoms with Crippen molar-refractivity contribution in [2.24, 2.45) is 0 Å². The highest BCUT2D eigenvalue weighted by Gasteiger charge is 2.25. The number of fused-ring (bicyclic) bond motifs is 1. The van der Waals surface area contributed by atoms with E-state index in [0.717, 1.165) is 16.9 Å². The second kappa shape index (κ2) is 9.81. The normalized spacial score (nSPS) is 12.4. The van der Waals surface area contributed by atoms with Crippen molar-refractivity contribution in [3.8, 4) is 11.3 Å². The van der Waals surface area contributed by atoms with Crippen molar-refractivity contribution in [1.29, 1.82) is 0 Å². The molecule has 186 valence electrons. The number of nitrogens with zero attached hydrogens (tertiary/aromatic N) is 2. The van der Waals surface area contributed by atoms with Crippen LogP contribution in [0.1, 0.15) is 54.7 Å². The molecule has 0 saturated carbocycles. The maximum Gasteiger partial charge on any atom is 0.305 e. The number of carbonyl (C=O) groups is 2. The monoisotopic (exact) mass is 488 g/mol. The topological polar surface area (TPSA) is 95.7 Å². The van der Waals surface area contributed by atoms with Gasteiger partial charge in [-0.05, 0) is 63.6 Å². The SMILES string of the molecule is Cc1cccc(-c2nc3c(C(=O)NC(CC(=O)O)c4ccc(F)cc4)cccn3c2NC(C)(C)C)c1. The first-order valence-electron chi connectivity index (χ1n) is 11.7. The Morgan fingerprint density at radius 1 is 1.08 bits per heavy atom. The third kappa shape index (κ3) is 5.54. The number of hydrogen-bond donors (Lipinski definition) is 3. The van der Waals surface area contributed by atoms with Crippen LogP contribution in [0.5, 0.6) is 0 Å². The standard InChI is InChI=1S/C28H29FN4O3/c1-17-7-5-8-19(15-17)24-26(32-28(2,3)4)33-14-6-9-21(25(33)31-24)27(36)30-22(16-23(34)35)18-10-12-20(29)13-11-18/h5-15,22,32H,16H2,1-4H3,(H,30,36)(H,34,35). The Morgan fingerprint density at radius 2 is 1.81 bits per heavy atom. The predicted octanol–water partition coefficient (Wildman–Crippen LogP) is 5.61. The van der Waals surface area contributed by atoms with Gasteiger partial charge in [0.05, 0.1) is 18.0 Å². The summed E-state index contributed by atoms with van der Waals surface area (Å²) in [4.78, 5) is 29.8. The Balaban J connectivity index is 1.79. The summed E-state index contributed by atoms with van der Waals surface area (Å²) in [5.74, 6) is -1.25. The molecule has 3 N–H and O–H groups in total. The van der Waals surface area contributed by atoms with Crippen LogP contribution in [0.25, 0.3) is 16.9 Å². The first-order chi connectivity index (χ1) is 17.0. The number of benzene rings is 2. The molecule has 2 heterocycles. The van der Waals surface area contributed by atoms with Gasteiger partial charge in [0.25, 0.3) is 5.91 Å². The number of aryl methyl sites for hydroxylation is 1. The van der Waals surface area contributed by atoms with Gasteiger partial charge >= 0.3 is 5.97 Å². The largest absolute Gasteiger partial charge is 0.481 e. The number of halogens is 1. The van der Waals surface area contributed by atoms with E-state index in [9.17, 15) is 19.1 Å². The molecule has 0 aliphatic heterocycles. The molecule has 2 aromatic carbocycles. The fourth-order valence-corrected chi connectivity index (χ4v) is 4.07. The zero-order valence-corrected chi connectivity index (χ0v) is 20.7. The highest BCUT2D eigenvalue weighted by Crippen LogP contribution is 2.32. The van der Waals surface area contributed by atoms with E-state index in [1.807, 2.05) is 62.6 Å². The first-order valence-corrected chi connectivity index (χ1v) is 11.7. The number of aliphatic carboxylic acids is 1. The zero-order chi connectivity index (χ0) is 26.0. The smallest absolute Gasteiger partial charge is 0.305 e. The number of amides is 1. The number of pyridine rings is 1. The fourth-order valence-electron chi connectivity index (χ4n) is 4.07. The summed E-state index contributed by atoms with van der Waals surface area (Å²) < 4.78 is 15.3. The Labute approximate surface area is 209 Å². The lowest BCUT2D eigenvalue weighted by Gasteiger charge is -2.23. The van der Waals surface area contributed by atoms with Crippen molar-refractivity contribution in [2.45, 2.75) is 45.7 Å². The summed E-state index contributed by atoms with van der Waals surface area (Å²) in [6.45, 7) is 8.14. The highest BCUT2D eigenvalue weighted by atomic mass is 19.1. The highest BCUT2D eigenvalue weighted by molar-refractivity contribution is 6.01. The first kappa shape index (κ1) is 24.9. The van der Waals surface area contributed by atoms with Crippen LogP contribution < -0.4 is 10.6 Å². The van der Waals surface area contributed by atoms with Crippen molar-refractivity contribution in [1.82, 2.24) is 14.7 Å². The molecule has 0 spiro atoms. The third-order valence-electron chi connectivity index (χ3n) is 5.64. The molecule has 1 amide bonds. The number of carboxylic acid groups (broad SMARTS) is 1. The minimum absolute atomic E-state index is 0.276. The molecule has 0 saturated heterocycles. The number of nitrogens with one attached hydrogen (secondary N) is 2. The Morgan fingerprint density at radius 3 is 2.44 bits per heavy atom. The van der Waals surface area contributed by atoms with E-state index in [-0.39, 0.29) is 12.0 Å². The van der Waals surface area contributed by atoms with Gasteiger partial charge in [0.2, 0.25) is 0 Å². The van der Waals surface area contributed by atoms with Crippen molar-refractivity contribution in [3.05, 3.63) is 89.4 Å². The molecule has 4 rings (SSSR count). The van der Waals surface area contributed by atoms with E-state index in [2.05, 4.69) is 10.6 Å². The summed E-state index contributed by atoms with van der Waals surface area (Å²) in [6.07, 6.45) is 1.49. The molecule has 36 heavy (non-hydrogen) atoms. The van der Waals surface area contributed by atoms with Gasteiger partial charge in [0.15, 0.2) is 5.65 Å². The quantitative estimate of drug-likeness (QED) is 0.315. The number of hydrogen-bond acceptors (Lipinski definition) is 4. The van der Waals surface area contributed by atoms with Gasteiger partial charge in [-0.25, -0.2) is 9.37 Å².